The highest BCUT2D eigenvalue weighted by atomic mass is 35.5. The minimum atomic E-state index is 0.0150. The summed E-state index contributed by atoms with van der Waals surface area (Å²) in [5.41, 5.74) is 1.14. The van der Waals surface area contributed by atoms with Gasteiger partial charge in [-0.3, -0.25) is 5.32 Å². The first-order chi connectivity index (χ1) is 4.20. The lowest BCUT2D eigenvalue weighted by atomic mass is 9.98. The lowest BCUT2D eigenvalue weighted by Gasteiger charge is -2.25. The van der Waals surface area contributed by atoms with Crippen LogP contribution in [0, 0.1) is 5.92 Å². The van der Waals surface area contributed by atoms with E-state index < -0.39 is 0 Å². The molecule has 1 N–H and O–H groups in total. The Bertz CT molecular complexity index is 122. The number of halogens is 1. The summed E-state index contributed by atoms with van der Waals surface area (Å²) in [7, 11) is 0. The number of hydrogen-bond donors (Lipinski definition) is 1. The average Bonchev–Trinajstić information content (AvgIpc) is 1.80. The molecule has 52 valence electrons. The molecule has 0 amide bonds. The van der Waals surface area contributed by atoms with Gasteiger partial charge in [-0.15, -0.1) is 11.6 Å². The predicted molar refractivity (Wildman–Crippen MR) is 40.6 cm³/mol. The monoisotopic (exact) mass is 145 g/mol. The molecule has 9 heavy (non-hydrogen) atoms. The fourth-order valence-corrected chi connectivity index (χ4v) is 1.25. The predicted octanol–water partition coefficient (Wildman–Crippen LogP) is 1.74. The van der Waals surface area contributed by atoms with E-state index in [2.05, 4.69) is 18.8 Å². The third kappa shape index (κ3) is 1.70. The number of rotatable bonds is 0. The van der Waals surface area contributed by atoms with Gasteiger partial charge >= 0.3 is 0 Å². The Morgan fingerprint density at radius 3 is 2.89 bits per heavy atom. The summed E-state index contributed by atoms with van der Waals surface area (Å²) in [6, 6.07) is 0. The molecule has 0 aromatic rings. The van der Waals surface area contributed by atoms with Crippen LogP contribution < -0.4 is 5.32 Å². The van der Waals surface area contributed by atoms with Crippen LogP contribution in [0.15, 0.2) is 12.2 Å². The zero-order chi connectivity index (χ0) is 6.85. The van der Waals surface area contributed by atoms with Crippen molar-refractivity contribution in [2.45, 2.75) is 18.8 Å². The molecular weight excluding hydrogens is 134 g/mol. The Balaban J connectivity index is 2.44. The van der Waals surface area contributed by atoms with E-state index in [9.17, 15) is 0 Å². The topological polar surface area (TPSA) is 12.0 Å². The Morgan fingerprint density at radius 2 is 2.44 bits per heavy atom. The maximum Gasteiger partial charge on any atom is 0.104 e. The quantitative estimate of drug-likeness (QED) is 0.311. The second-order valence-electron chi connectivity index (χ2n) is 2.74. The molecule has 0 aliphatic carbocycles. The normalized spacial score (nSPS) is 36.9. The molecule has 1 nitrogen and oxygen atoms in total. The van der Waals surface area contributed by atoms with Crippen molar-refractivity contribution in [3.63, 3.8) is 0 Å². The van der Waals surface area contributed by atoms with Crippen LogP contribution in [0.25, 0.3) is 0 Å². The van der Waals surface area contributed by atoms with Gasteiger partial charge in [-0.2, -0.15) is 0 Å². The third-order valence-corrected chi connectivity index (χ3v) is 2.08. The Labute approximate surface area is 61.1 Å². The van der Waals surface area contributed by atoms with E-state index in [1.807, 2.05) is 0 Å². The molecule has 1 rings (SSSR count). The van der Waals surface area contributed by atoms with E-state index in [4.69, 9.17) is 11.6 Å². The number of nitrogens with one attached hydrogen (secondary N) is 1. The fourth-order valence-electron chi connectivity index (χ4n) is 1.07. The van der Waals surface area contributed by atoms with Crippen molar-refractivity contribution in [2.24, 2.45) is 5.92 Å². The molecule has 0 radical (unpaired) electrons. The zero-order valence-electron chi connectivity index (χ0n) is 5.65. The lowest BCUT2D eigenvalue weighted by molar-refractivity contribution is 0.454. The SMILES string of the molecule is C=C1CC(C)CNC1Cl. The fraction of sp³-hybridized carbons (Fsp3) is 0.714. The van der Waals surface area contributed by atoms with Crippen molar-refractivity contribution >= 4 is 11.6 Å². The molecule has 1 aliphatic heterocycles. The van der Waals surface area contributed by atoms with Crippen molar-refractivity contribution in [3.05, 3.63) is 12.2 Å². The molecule has 2 atom stereocenters. The van der Waals surface area contributed by atoms with Gasteiger partial charge in [0.1, 0.15) is 5.50 Å². The summed E-state index contributed by atoms with van der Waals surface area (Å²) in [6.45, 7) is 7.07. The van der Waals surface area contributed by atoms with Gasteiger partial charge in [-0.05, 0) is 24.5 Å². The maximum absolute atomic E-state index is 5.82. The molecule has 0 saturated carbocycles. The highest BCUT2D eigenvalue weighted by Crippen LogP contribution is 2.19. The van der Waals surface area contributed by atoms with E-state index >= 15 is 0 Å². The number of hydrogen-bond acceptors (Lipinski definition) is 1. The first kappa shape index (κ1) is 7.10. The van der Waals surface area contributed by atoms with Crippen molar-refractivity contribution in [2.75, 3.05) is 6.54 Å². The minimum absolute atomic E-state index is 0.0150. The van der Waals surface area contributed by atoms with Crippen LogP contribution >= 0.6 is 11.6 Å². The molecular formula is C7H12ClN. The Hall–Kier alpha value is -0.0100. The number of piperidine rings is 1. The van der Waals surface area contributed by atoms with Crippen LogP contribution in [0.1, 0.15) is 13.3 Å². The molecule has 0 aromatic heterocycles. The first-order valence-electron chi connectivity index (χ1n) is 3.25. The van der Waals surface area contributed by atoms with Crippen LogP contribution in [0.4, 0.5) is 0 Å². The van der Waals surface area contributed by atoms with E-state index in [1.54, 1.807) is 0 Å². The number of alkyl halides is 1. The van der Waals surface area contributed by atoms with Gasteiger partial charge in [0.15, 0.2) is 0 Å². The molecule has 0 spiro atoms. The first-order valence-corrected chi connectivity index (χ1v) is 3.69. The van der Waals surface area contributed by atoms with Gasteiger partial charge in [-0.25, -0.2) is 0 Å². The van der Waals surface area contributed by atoms with E-state index in [0.717, 1.165) is 18.5 Å². The summed E-state index contributed by atoms with van der Waals surface area (Å²) in [5.74, 6) is 0.701. The standard InChI is InChI=1S/C7H12ClN/c1-5-3-6(2)7(8)9-4-5/h5,7,9H,2-4H2,1H3. The van der Waals surface area contributed by atoms with Crippen molar-refractivity contribution in [3.8, 4) is 0 Å². The third-order valence-electron chi connectivity index (χ3n) is 1.61. The highest BCUT2D eigenvalue weighted by Gasteiger charge is 2.17. The van der Waals surface area contributed by atoms with E-state index in [0.29, 0.717) is 5.92 Å². The summed E-state index contributed by atoms with van der Waals surface area (Å²) in [5, 5.41) is 3.15. The van der Waals surface area contributed by atoms with Gasteiger partial charge in [0, 0.05) is 0 Å². The zero-order valence-corrected chi connectivity index (χ0v) is 6.41. The average molecular weight is 146 g/mol. The van der Waals surface area contributed by atoms with Gasteiger partial charge < -0.3 is 0 Å². The summed E-state index contributed by atoms with van der Waals surface area (Å²) in [4.78, 5) is 0. The second kappa shape index (κ2) is 2.72. The van der Waals surface area contributed by atoms with Gasteiger partial charge in [-0.1, -0.05) is 13.5 Å². The molecule has 0 aromatic carbocycles. The van der Waals surface area contributed by atoms with Gasteiger partial charge in [0.05, 0.1) is 0 Å². The highest BCUT2D eigenvalue weighted by molar-refractivity contribution is 6.22. The molecule has 2 heteroatoms. The van der Waals surface area contributed by atoms with Crippen LogP contribution in [0.2, 0.25) is 0 Å². The Kier molecular flexibility index (Phi) is 2.14. The van der Waals surface area contributed by atoms with Crippen molar-refractivity contribution in [1.82, 2.24) is 5.32 Å². The molecule has 0 bridgehead atoms. The van der Waals surface area contributed by atoms with Crippen LogP contribution in [-0.2, 0) is 0 Å². The maximum atomic E-state index is 5.82. The molecule has 1 fully saturated rings. The Morgan fingerprint density at radius 1 is 1.78 bits per heavy atom. The summed E-state index contributed by atoms with van der Waals surface area (Å²) in [6.07, 6.45) is 1.07. The van der Waals surface area contributed by atoms with Gasteiger partial charge in [0.25, 0.3) is 0 Å². The van der Waals surface area contributed by atoms with Crippen LogP contribution in [0.5, 0.6) is 0 Å². The van der Waals surface area contributed by atoms with E-state index in [1.165, 1.54) is 0 Å². The molecule has 1 saturated heterocycles. The summed E-state index contributed by atoms with van der Waals surface area (Å²) >= 11 is 5.82. The van der Waals surface area contributed by atoms with Gasteiger partial charge in [0.2, 0.25) is 0 Å². The molecule has 2 unspecified atom stereocenters. The molecule has 1 heterocycles. The minimum Gasteiger partial charge on any atom is -0.298 e. The van der Waals surface area contributed by atoms with Crippen molar-refractivity contribution < 1.29 is 0 Å². The van der Waals surface area contributed by atoms with Crippen molar-refractivity contribution in [1.29, 1.82) is 0 Å². The largest absolute Gasteiger partial charge is 0.298 e. The second-order valence-corrected chi connectivity index (χ2v) is 3.17. The lowest BCUT2D eigenvalue weighted by Crippen LogP contribution is -2.35. The van der Waals surface area contributed by atoms with E-state index in [-0.39, 0.29) is 5.50 Å². The molecule has 1 aliphatic rings. The van der Waals surface area contributed by atoms with Crippen LogP contribution in [-0.4, -0.2) is 12.0 Å². The van der Waals surface area contributed by atoms with Crippen LogP contribution in [0.3, 0.4) is 0 Å². The summed E-state index contributed by atoms with van der Waals surface area (Å²) < 4.78 is 0. The smallest absolute Gasteiger partial charge is 0.104 e.